The molecule has 1 unspecified atom stereocenters. The first-order chi connectivity index (χ1) is 10.6. The van der Waals surface area contributed by atoms with Gasteiger partial charge in [0.1, 0.15) is 10.7 Å². The molecule has 3 rings (SSSR count). The van der Waals surface area contributed by atoms with Crippen molar-refractivity contribution in [1.29, 1.82) is 0 Å². The lowest BCUT2D eigenvalue weighted by molar-refractivity contribution is 0.0729. The maximum absolute atomic E-state index is 12.6. The summed E-state index contributed by atoms with van der Waals surface area (Å²) < 4.78 is 0. The van der Waals surface area contributed by atoms with Gasteiger partial charge in [0.15, 0.2) is 0 Å². The molecule has 0 aliphatic carbocycles. The largest absolute Gasteiger partial charge is 0.392 e. The number of aliphatic hydroxyl groups excluding tert-OH is 1. The van der Waals surface area contributed by atoms with Crippen LogP contribution >= 0.6 is 11.3 Å². The first-order valence-corrected chi connectivity index (χ1v) is 8.18. The lowest BCUT2D eigenvalue weighted by Gasteiger charge is -2.28. The third-order valence-electron chi connectivity index (χ3n) is 3.88. The number of hydrogen-bond acceptors (Lipinski definition) is 5. The third kappa shape index (κ3) is 2.90. The highest BCUT2D eigenvalue weighted by Gasteiger charge is 2.24. The van der Waals surface area contributed by atoms with E-state index >= 15 is 0 Å². The Morgan fingerprint density at radius 1 is 1.50 bits per heavy atom. The highest BCUT2D eigenvalue weighted by molar-refractivity contribution is 7.09. The van der Waals surface area contributed by atoms with Crippen molar-refractivity contribution in [2.75, 3.05) is 6.54 Å². The molecule has 1 aliphatic heterocycles. The van der Waals surface area contributed by atoms with E-state index in [0.29, 0.717) is 18.8 Å². The summed E-state index contributed by atoms with van der Waals surface area (Å²) in [6.07, 6.45) is 0.805. The van der Waals surface area contributed by atoms with E-state index in [1.807, 2.05) is 30.0 Å². The lowest BCUT2D eigenvalue weighted by Crippen LogP contribution is -2.36. The second-order valence-corrected chi connectivity index (χ2v) is 6.49. The van der Waals surface area contributed by atoms with Gasteiger partial charge < -0.3 is 15.7 Å². The van der Waals surface area contributed by atoms with Crippen molar-refractivity contribution in [3.05, 3.63) is 51.0 Å². The van der Waals surface area contributed by atoms with E-state index in [9.17, 15) is 9.90 Å². The number of thiazole rings is 1. The Morgan fingerprint density at radius 2 is 2.32 bits per heavy atom. The zero-order valence-electron chi connectivity index (χ0n) is 12.5. The van der Waals surface area contributed by atoms with E-state index in [1.54, 1.807) is 5.38 Å². The van der Waals surface area contributed by atoms with Crippen LogP contribution in [-0.2, 0) is 19.6 Å². The molecule has 0 saturated carbocycles. The summed E-state index contributed by atoms with van der Waals surface area (Å²) in [7, 11) is 0. The van der Waals surface area contributed by atoms with Crippen LogP contribution < -0.4 is 5.73 Å². The van der Waals surface area contributed by atoms with E-state index in [-0.39, 0.29) is 18.6 Å². The summed E-state index contributed by atoms with van der Waals surface area (Å²) in [5.41, 5.74) is 9.55. The van der Waals surface area contributed by atoms with Crippen LogP contribution in [0.3, 0.4) is 0 Å². The van der Waals surface area contributed by atoms with Crippen LogP contribution in [0.25, 0.3) is 0 Å². The Hall–Kier alpha value is -1.76. The number of rotatable bonds is 3. The van der Waals surface area contributed by atoms with Crippen molar-refractivity contribution in [1.82, 2.24) is 9.88 Å². The SMILES string of the molecule is CC(N)c1nc(C(=O)N2CCc3cc(CO)ccc3C2)cs1. The van der Waals surface area contributed by atoms with Crippen LogP contribution in [0.15, 0.2) is 23.6 Å². The van der Waals surface area contributed by atoms with Crippen LogP contribution in [0.1, 0.15) is 45.2 Å². The van der Waals surface area contributed by atoms with Crippen molar-refractivity contribution in [3.8, 4) is 0 Å². The topological polar surface area (TPSA) is 79.5 Å². The highest BCUT2D eigenvalue weighted by Crippen LogP contribution is 2.23. The van der Waals surface area contributed by atoms with Crippen molar-refractivity contribution in [2.45, 2.75) is 32.5 Å². The number of benzene rings is 1. The molecule has 1 amide bonds. The summed E-state index contributed by atoms with van der Waals surface area (Å²) >= 11 is 1.43. The minimum absolute atomic E-state index is 0.0416. The third-order valence-corrected chi connectivity index (χ3v) is 4.93. The van der Waals surface area contributed by atoms with Gasteiger partial charge in [-0.3, -0.25) is 4.79 Å². The van der Waals surface area contributed by atoms with Gasteiger partial charge in [0.25, 0.3) is 5.91 Å². The Bertz CT molecular complexity index is 696. The zero-order chi connectivity index (χ0) is 15.7. The predicted octanol–water partition coefficient (Wildman–Crippen LogP) is 1.85. The molecule has 0 saturated heterocycles. The standard InChI is InChI=1S/C16H19N3O2S/c1-10(17)15-18-14(9-22-15)16(21)19-5-4-12-6-11(8-20)2-3-13(12)7-19/h2-3,6,9-10,20H,4-5,7-8,17H2,1H3. The molecule has 2 heterocycles. The Balaban J connectivity index is 1.77. The molecule has 0 radical (unpaired) electrons. The minimum Gasteiger partial charge on any atom is -0.392 e. The summed E-state index contributed by atoms with van der Waals surface area (Å²) in [6, 6.07) is 5.78. The molecule has 1 aromatic heterocycles. The second-order valence-electron chi connectivity index (χ2n) is 5.60. The van der Waals surface area contributed by atoms with E-state index in [0.717, 1.165) is 22.6 Å². The Labute approximate surface area is 133 Å². The number of fused-ring (bicyclic) bond motifs is 1. The number of nitrogens with zero attached hydrogens (tertiary/aromatic N) is 2. The van der Waals surface area contributed by atoms with E-state index in [2.05, 4.69) is 4.98 Å². The molecule has 1 aliphatic rings. The van der Waals surface area contributed by atoms with Gasteiger partial charge in [0.05, 0.1) is 12.6 Å². The predicted molar refractivity (Wildman–Crippen MR) is 85.5 cm³/mol. The van der Waals surface area contributed by atoms with Gasteiger partial charge in [-0.2, -0.15) is 0 Å². The van der Waals surface area contributed by atoms with E-state index in [1.165, 1.54) is 16.9 Å². The number of aromatic nitrogens is 1. The number of nitrogens with two attached hydrogens (primary N) is 1. The number of carbonyl (C=O) groups is 1. The fourth-order valence-corrected chi connectivity index (χ4v) is 3.39. The highest BCUT2D eigenvalue weighted by atomic mass is 32.1. The van der Waals surface area contributed by atoms with Crippen LogP contribution in [0.2, 0.25) is 0 Å². The van der Waals surface area contributed by atoms with Gasteiger partial charge in [0, 0.05) is 18.5 Å². The van der Waals surface area contributed by atoms with Gasteiger partial charge >= 0.3 is 0 Å². The summed E-state index contributed by atoms with van der Waals surface area (Å²) in [5.74, 6) is -0.0416. The second kappa shape index (κ2) is 6.16. The Morgan fingerprint density at radius 3 is 3.00 bits per heavy atom. The van der Waals surface area contributed by atoms with Crippen molar-refractivity contribution in [2.24, 2.45) is 5.73 Å². The molecular weight excluding hydrogens is 298 g/mol. The number of hydrogen-bond donors (Lipinski definition) is 2. The zero-order valence-corrected chi connectivity index (χ0v) is 13.3. The molecule has 0 fully saturated rings. The molecule has 1 atom stereocenters. The summed E-state index contributed by atoms with van der Waals surface area (Å²) in [4.78, 5) is 18.7. The van der Waals surface area contributed by atoms with Crippen LogP contribution in [0, 0.1) is 0 Å². The molecule has 3 N–H and O–H groups in total. The van der Waals surface area contributed by atoms with E-state index < -0.39 is 0 Å². The molecule has 2 aromatic rings. The maximum atomic E-state index is 12.6. The van der Waals surface area contributed by atoms with Gasteiger partial charge in [-0.05, 0) is 30.0 Å². The molecule has 5 nitrogen and oxygen atoms in total. The average molecular weight is 317 g/mol. The quantitative estimate of drug-likeness (QED) is 0.905. The molecule has 0 spiro atoms. The van der Waals surface area contributed by atoms with Crippen molar-refractivity contribution >= 4 is 17.2 Å². The number of aliphatic hydroxyl groups is 1. The smallest absolute Gasteiger partial charge is 0.273 e. The van der Waals surface area contributed by atoms with Gasteiger partial charge in [-0.25, -0.2) is 4.98 Å². The number of amides is 1. The fraction of sp³-hybridized carbons (Fsp3) is 0.375. The first-order valence-electron chi connectivity index (χ1n) is 7.30. The number of carbonyl (C=O) groups excluding carboxylic acids is 1. The summed E-state index contributed by atoms with van der Waals surface area (Å²) in [5, 5.41) is 11.8. The van der Waals surface area contributed by atoms with E-state index in [4.69, 9.17) is 5.73 Å². The Kier molecular flexibility index (Phi) is 4.24. The molecule has 22 heavy (non-hydrogen) atoms. The van der Waals surface area contributed by atoms with Crippen LogP contribution in [0.4, 0.5) is 0 Å². The normalized spacial score (nSPS) is 15.5. The monoisotopic (exact) mass is 317 g/mol. The van der Waals surface area contributed by atoms with Gasteiger partial charge in [-0.1, -0.05) is 18.2 Å². The van der Waals surface area contributed by atoms with Crippen LogP contribution in [0.5, 0.6) is 0 Å². The molecule has 0 bridgehead atoms. The molecule has 6 heteroatoms. The fourth-order valence-electron chi connectivity index (χ4n) is 2.64. The van der Waals surface area contributed by atoms with Gasteiger partial charge in [-0.15, -0.1) is 11.3 Å². The van der Waals surface area contributed by atoms with Crippen LogP contribution in [-0.4, -0.2) is 27.4 Å². The first kappa shape index (κ1) is 15.1. The summed E-state index contributed by atoms with van der Waals surface area (Å²) in [6.45, 7) is 3.18. The molecular formula is C16H19N3O2S. The molecule has 1 aromatic carbocycles. The average Bonchev–Trinajstić information content (AvgIpc) is 3.03. The molecule has 116 valence electrons. The minimum atomic E-state index is -0.148. The maximum Gasteiger partial charge on any atom is 0.273 e. The lowest BCUT2D eigenvalue weighted by atomic mass is 9.97. The van der Waals surface area contributed by atoms with Crippen molar-refractivity contribution in [3.63, 3.8) is 0 Å². The van der Waals surface area contributed by atoms with Gasteiger partial charge in [0.2, 0.25) is 0 Å². The van der Waals surface area contributed by atoms with Crippen molar-refractivity contribution < 1.29 is 9.90 Å².